The number of amides is 1. The SMILES string of the molecule is CCN(C)c1nc(N)c(C(=O)NC(C)c2ccccc2)s1. The van der Waals surface area contributed by atoms with Gasteiger partial charge in [0.2, 0.25) is 0 Å². The molecule has 0 spiro atoms. The van der Waals surface area contributed by atoms with Gasteiger partial charge in [0.25, 0.3) is 5.91 Å². The summed E-state index contributed by atoms with van der Waals surface area (Å²) in [5.74, 6) is 0.102. The third-order valence-electron chi connectivity index (χ3n) is 3.30. The molecular formula is C15H20N4OS. The number of aromatic nitrogens is 1. The second-order valence-electron chi connectivity index (χ2n) is 4.83. The van der Waals surface area contributed by atoms with Crippen LogP contribution in [0.1, 0.15) is 35.1 Å². The Bertz CT molecular complexity index is 611. The van der Waals surface area contributed by atoms with Crippen LogP contribution in [0.3, 0.4) is 0 Å². The van der Waals surface area contributed by atoms with E-state index in [-0.39, 0.29) is 17.8 Å². The first-order chi connectivity index (χ1) is 10.0. The molecule has 112 valence electrons. The quantitative estimate of drug-likeness (QED) is 0.891. The average molecular weight is 304 g/mol. The Labute approximate surface area is 128 Å². The summed E-state index contributed by atoms with van der Waals surface area (Å²) in [7, 11) is 1.92. The molecular weight excluding hydrogens is 284 g/mol. The molecule has 1 heterocycles. The maximum atomic E-state index is 12.3. The Kier molecular flexibility index (Phi) is 4.80. The van der Waals surface area contributed by atoms with Gasteiger partial charge in [-0.2, -0.15) is 0 Å². The number of carbonyl (C=O) groups is 1. The van der Waals surface area contributed by atoms with Gasteiger partial charge in [-0.05, 0) is 19.4 Å². The zero-order chi connectivity index (χ0) is 15.4. The predicted octanol–water partition coefficient (Wildman–Crippen LogP) is 2.67. The molecule has 0 aliphatic carbocycles. The molecule has 0 bridgehead atoms. The van der Waals surface area contributed by atoms with Crippen molar-refractivity contribution in [3.8, 4) is 0 Å². The molecule has 1 unspecified atom stereocenters. The van der Waals surface area contributed by atoms with Gasteiger partial charge in [-0.1, -0.05) is 41.7 Å². The smallest absolute Gasteiger partial charge is 0.265 e. The van der Waals surface area contributed by atoms with E-state index in [9.17, 15) is 4.79 Å². The minimum absolute atomic E-state index is 0.0763. The Hall–Kier alpha value is -2.08. The molecule has 0 fully saturated rings. The maximum Gasteiger partial charge on any atom is 0.265 e. The number of rotatable bonds is 5. The van der Waals surface area contributed by atoms with Gasteiger partial charge in [0.1, 0.15) is 10.7 Å². The van der Waals surface area contributed by atoms with Crippen LogP contribution < -0.4 is 16.0 Å². The van der Waals surface area contributed by atoms with Crippen molar-refractivity contribution in [2.75, 3.05) is 24.2 Å². The molecule has 0 aliphatic rings. The molecule has 3 N–H and O–H groups in total. The second-order valence-corrected chi connectivity index (χ2v) is 5.81. The summed E-state index contributed by atoms with van der Waals surface area (Å²) < 4.78 is 0. The lowest BCUT2D eigenvalue weighted by atomic mass is 10.1. The van der Waals surface area contributed by atoms with E-state index in [0.717, 1.165) is 17.2 Å². The molecule has 0 saturated carbocycles. The second kappa shape index (κ2) is 6.58. The summed E-state index contributed by atoms with van der Waals surface area (Å²) in [5.41, 5.74) is 6.92. The lowest BCUT2D eigenvalue weighted by Crippen LogP contribution is -2.26. The standard InChI is InChI=1S/C15H20N4OS/c1-4-19(3)15-18-13(16)12(21-15)14(20)17-10(2)11-8-6-5-7-9-11/h5-10H,4,16H2,1-3H3,(H,17,20). The largest absolute Gasteiger partial charge is 0.382 e. The van der Waals surface area contributed by atoms with E-state index in [1.165, 1.54) is 11.3 Å². The number of anilines is 2. The number of hydrogen-bond donors (Lipinski definition) is 2. The highest BCUT2D eigenvalue weighted by Crippen LogP contribution is 2.27. The number of nitrogens with zero attached hydrogens (tertiary/aromatic N) is 2. The summed E-state index contributed by atoms with van der Waals surface area (Å²) in [6.45, 7) is 4.78. The number of nitrogen functional groups attached to an aromatic ring is 1. The van der Waals surface area contributed by atoms with E-state index >= 15 is 0 Å². The molecule has 0 radical (unpaired) electrons. The third kappa shape index (κ3) is 3.52. The summed E-state index contributed by atoms with van der Waals surface area (Å²) in [4.78, 5) is 19.0. The molecule has 2 rings (SSSR count). The topological polar surface area (TPSA) is 71.2 Å². The molecule has 0 aliphatic heterocycles. The van der Waals surface area contributed by atoms with Gasteiger partial charge in [-0.15, -0.1) is 0 Å². The lowest BCUT2D eigenvalue weighted by Gasteiger charge is -2.13. The van der Waals surface area contributed by atoms with Crippen LogP contribution in [-0.2, 0) is 0 Å². The van der Waals surface area contributed by atoms with Crippen LogP contribution in [0.4, 0.5) is 10.9 Å². The van der Waals surface area contributed by atoms with Crippen molar-refractivity contribution in [2.24, 2.45) is 0 Å². The van der Waals surface area contributed by atoms with Crippen LogP contribution in [0.2, 0.25) is 0 Å². The van der Waals surface area contributed by atoms with Crippen molar-refractivity contribution in [3.05, 3.63) is 40.8 Å². The molecule has 1 aromatic carbocycles. The summed E-state index contributed by atoms with van der Waals surface area (Å²) in [6.07, 6.45) is 0. The minimum atomic E-state index is -0.183. The van der Waals surface area contributed by atoms with Crippen LogP contribution in [0.5, 0.6) is 0 Å². The van der Waals surface area contributed by atoms with Crippen molar-refractivity contribution < 1.29 is 4.79 Å². The molecule has 6 heteroatoms. The molecule has 1 aromatic heterocycles. The summed E-state index contributed by atoms with van der Waals surface area (Å²) >= 11 is 1.32. The number of hydrogen-bond acceptors (Lipinski definition) is 5. The highest BCUT2D eigenvalue weighted by atomic mass is 32.1. The minimum Gasteiger partial charge on any atom is -0.382 e. The first-order valence-corrected chi connectivity index (χ1v) is 7.67. The van der Waals surface area contributed by atoms with Crippen LogP contribution >= 0.6 is 11.3 Å². The van der Waals surface area contributed by atoms with Gasteiger partial charge in [0.05, 0.1) is 6.04 Å². The van der Waals surface area contributed by atoms with Crippen LogP contribution in [0.15, 0.2) is 30.3 Å². The van der Waals surface area contributed by atoms with E-state index in [1.54, 1.807) is 0 Å². The van der Waals surface area contributed by atoms with Crippen LogP contribution in [0, 0.1) is 0 Å². The first kappa shape index (κ1) is 15.3. The van der Waals surface area contributed by atoms with Crippen molar-refractivity contribution in [2.45, 2.75) is 19.9 Å². The van der Waals surface area contributed by atoms with Gasteiger partial charge < -0.3 is 16.0 Å². The van der Waals surface area contributed by atoms with Gasteiger partial charge in [-0.3, -0.25) is 4.79 Å². The summed E-state index contributed by atoms with van der Waals surface area (Å²) in [5, 5.41) is 3.71. The first-order valence-electron chi connectivity index (χ1n) is 6.86. The fraction of sp³-hybridized carbons (Fsp3) is 0.333. The van der Waals surface area contributed by atoms with Gasteiger partial charge >= 0.3 is 0 Å². The monoisotopic (exact) mass is 304 g/mol. The van der Waals surface area contributed by atoms with Crippen molar-refractivity contribution in [1.29, 1.82) is 0 Å². The van der Waals surface area contributed by atoms with E-state index < -0.39 is 0 Å². The zero-order valence-electron chi connectivity index (χ0n) is 12.5. The number of carbonyl (C=O) groups excluding carboxylic acids is 1. The van der Waals surface area contributed by atoms with Crippen LogP contribution in [0.25, 0.3) is 0 Å². The normalized spacial score (nSPS) is 12.0. The van der Waals surface area contributed by atoms with Gasteiger partial charge in [0, 0.05) is 13.6 Å². The lowest BCUT2D eigenvalue weighted by molar-refractivity contribution is 0.0944. The van der Waals surface area contributed by atoms with E-state index in [2.05, 4.69) is 10.3 Å². The van der Waals surface area contributed by atoms with Crippen molar-refractivity contribution in [1.82, 2.24) is 10.3 Å². The molecule has 0 saturated heterocycles. The molecule has 2 aromatic rings. The molecule has 5 nitrogen and oxygen atoms in total. The number of benzene rings is 1. The van der Waals surface area contributed by atoms with E-state index in [0.29, 0.717) is 4.88 Å². The fourth-order valence-electron chi connectivity index (χ4n) is 1.87. The molecule has 1 amide bonds. The zero-order valence-corrected chi connectivity index (χ0v) is 13.3. The molecule has 21 heavy (non-hydrogen) atoms. The van der Waals surface area contributed by atoms with Crippen molar-refractivity contribution in [3.63, 3.8) is 0 Å². The molecule has 1 atom stereocenters. The van der Waals surface area contributed by atoms with Gasteiger partial charge in [0.15, 0.2) is 5.13 Å². The number of nitrogens with two attached hydrogens (primary N) is 1. The highest BCUT2D eigenvalue weighted by molar-refractivity contribution is 7.18. The number of thiazole rings is 1. The maximum absolute atomic E-state index is 12.3. The average Bonchev–Trinajstić information content (AvgIpc) is 2.89. The fourth-order valence-corrected chi connectivity index (χ4v) is 2.78. The Balaban J connectivity index is 2.12. The third-order valence-corrected chi connectivity index (χ3v) is 4.48. The predicted molar refractivity (Wildman–Crippen MR) is 87.8 cm³/mol. The number of nitrogens with one attached hydrogen (secondary N) is 1. The van der Waals surface area contributed by atoms with Crippen LogP contribution in [-0.4, -0.2) is 24.5 Å². The van der Waals surface area contributed by atoms with Crippen molar-refractivity contribution >= 4 is 28.2 Å². The summed E-state index contributed by atoms with van der Waals surface area (Å²) in [6, 6.07) is 9.74. The van der Waals surface area contributed by atoms with E-state index in [1.807, 2.05) is 56.1 Å². The Morgan fingerprint density at radius 3 is 2.71 bits per heavy atom. The highest BCUT2D eigenvalue weighted by Gasteiger charge is 2.19. The van der Waals surface area contributed by atoms with E-state index in [4.69, 9.17) is 5.73 Å². The van der Waals surface area contributed by atoms with Gasteiger partial charge in [-0.25, -0.2) is 4.98 Å². The Morgan fingerprint density at radius 2 is 2.10 bits per heavy atom. The Morgan fingerprint density at radius 1 is 1.43 bits per heavy atom.